The molecule has 0 saturated heterocycles. The van der Waals surface area contributed by atoms with Crippen LogP contribution in [-0.2, 0) is 45.0 Å². The standard InChI is InChI=1S/C32H44O6S.C31H45NO4S.C31H44O5S.C29H38O4/c1-18-25-19(15-20(33)26(18)36)30(4)11-13-32(6)23-17-29(3,27(37)38)9-8-28(23,2)10-12-31(32,5)22(30)16-21(25)39-14-7-24(34)35;2*1-18-24-19(15-20(33)25(18)34)29(4)10-12-31(6)23-17-28(3,26(35)36)8-7-27(23,2)9-11-30(31,5)22(29)16-21(24)37-14-13-32;1-17-18-7-8-21-27(4,19(18)15-20(30)23(17)31)12-14-29(6)22-16-26(3,24(32)33)10-9-25(22,2)11-13-28(21,29)5/h15-16,21,23,33,36H,7-14,17H2,1-6H3,(H,34,35)(H,37,38);15-16,21,23,33-34H,7-14,17,32H2,1-6H3,(H,35,36);15-16,21,23,32-34H,7-14,17H2,1-6H3,(H,35,36);7-8,15,22,31H,9-14,16H2,1-6H3,(H,32,33)/t21?,23-,28-,29-,30+,31-,32+;2*21?,23-,27-,28-,29+,30-,31+;22-,25-,26-,27+,28-,29+/m1111/s1. The minimum atomic E-state index is -0.830. The molecule has 0 bridgehead atoms. The molecule has 15 N–H and O–H groups in total. The van der Waals surface area contributed by atoms with Crippen LogP contribution in [0.15, 0.2) is 99.4 Å². The van der Waals surface area contributed by atoms with Gasteiger partial charge in [-0.1, -0.05) is 163 Å². The number of nitrogens with two attached hydrogens (primary N) is 1. The van der Waals surface area contributed by atoms with Crippen molar-refractivity contribution in [2.75, 3.05) is 30.4 Å². The van der Waals surface area contributed by atoms with Gasteiger partial charge in [-0.15, -0.1) is 35.3 Å². The second-order valence-corrected chi connectivity index (χ2v) is 58.5. The van der Waals surface area contributed by atoms with Crippen molar-refractivity contribution in [3.05, 3.63) is 149 Å². The summed E-state index contributed by atoms with van der Waals surface area (Å²) in [5, 5.41) is 134. The lowest BCUT2D eigenvalue weighted by Crippen LogP contribution is -2.62. The molecule has 23 heteroatoms. The van der Waals surface area contributed by atoms with Crippen LogP contribution in [0.25, 0.3) is 0 Å². The number of aliphatic hydroxyl groups is 2. The molecule has 0 spiro atoms. The Morgan fingerprint density at radius 3 is 0.904 bits per heavy atom. The van der Waals surface area contributed by atoms with E-state index < -0.39 is 51.5 Å². The average Bonchev–Trinajstić information content (AvgIpc) is 0.683. The van der Waals surface area contributed by atoms with Crippen molar-refractivity contribution in [1.82, 2.24) is 0 Å². The van der Waals surface area contributed by atoms with Gasteiger partial charge in [0.05, 0.1) is 34.7 Å². The van der Waals surface area contributed by atoms with Crippen molar-refractivity contribution in [3.63, 3.8) is 0 Å². The van der Waals surface area contributed by atoms with Gasteiger partial charge in [0, 0.05) is 66.8 Å². The molecular formula is C123H171NO19S3. The highest BCUT2D eigenvalue weighted by atomic mass is 32.2. The van der Waals surface area contributed by atoms with Gasteiger partial charge in [-0.3, -0.25) is 28.8 Å². The van der Waals surface area contributed by atoms with Crippen molar-refractivity contribution in [2.24, 2.45) is 121 Å². The maximum atomic E-state index is 12.6. The maximum absolute atomic E-state index is 12.6. The Morgan fingerprint density at radius 2 is 0.623 bits per heavy atom. The lowest BCUT2D eigenvalue weighted by Gasteiger charge is -2.70. The first-order valence-electron chi connectivity index (χ1n) is 54.9. The minimum Gasteiger partial charge on any atom is -0.504 e. The van der Waals surface area contributed by atoms with Crippen LogP contribution in [0.3, 0.4) is 0 Å². The van der Waals surface area contributed by atoms with Gasteiger partial charge < -0.3 is 72.1 Å². The van der Waals surface area contributed by atoms with E-state index in [9.17, 15) is 95.2 Å². The van der Waals surface area contributed by atoms with Gasteiger partial charge in [0.15, 0.2) is 40.3 Å². The van der Waals surface area contributed by atoms with Gasteiger partial charge in [-0.25, -0.2) is 0 Å². The summed E-state index contributed by atoms with van der Waals surface area (Å²) < 4.78 is 0. The number of thioether (sulfide) groups is 3. The number of aliphatic hydroxyl groups excluding tert-OH is 2. The molecule has 0 aliphatic heterocycles. The third-order valence-electron chi connectivity index (χ3n) is 47.6. The van der Waals surface area contributed by atoms with E-state index in [0.717, 1.165) is 235 Å². The van der Waals surface area contributed by atoms with Crippen LogP contribution in [0.1, 0.15) is 397 Å². The molecule has 3 aromatic rings. The lowest BCUT2D eigenvalue weighted by molar-refractivity contribution is -0.178. The van der Waals surface area contributed by atoms with Crippen molar-refractivity contribution < 1.29 is 95.2 Å². The highest BCUT2D eigenvalue weighted by Crippen LogP contribution is 2.82. The van der Waals surface area contributed by atoms with Crippen LogP contribution in [0, 0.1) is 136 Å². The zero-order chi connectivity index (χ0) is 107. The zero-order valence-electron chi connectivity index (χ0n) is 91.8. The Kier molecular flexibility index (Phi) is 27.1. The summed E-state index contributed by atoms with van der Waals surface area (Å²) in [6.07, 6.45) is 39.4. The van der Waals surface area contributed by atoms with Gasteiger partial charge >= 0.3 is 29.8 Å². The number of hydrogen-bond donors (Lipinski definition) is 14. The van der Waals surface area contributed by atoms with Crippen LogP contribution in [0.4, 0.5) is 0 Å². The smallest absolute Gasteiger partial charge is 0.309 e. The second kappa shape index (κ2) is 36.0. The van der Waals surface area contributed by atoms with E-state index >= 15 is 0 Å². The summed E-state index contributed by atoms with van der Waals surface area (Å²) >= 11 is 5.09. The van der Waals surface area contributed by atoms with E-state index in [2.05, 4.69) is 141 Å². The predicted molar refractivity (Wildman–Crippen MR) is 580 cm³/mol. The lowest BCUT2D eigenvalue weighted by atomic mass is 9.34. The molecule has 27 atom stereocenters. The Labute approximate surface area is 880 Å². The van der Waals surface area contributed by atoms with Crippen LogP contribution in [0.5, 0.6) is 34.5 Å². The summed E-state index contributed by atoms with van der Waals surface area (Å²) in [7, 11) is 0. The number of carbonyl (C=O) groups is 6. The maximum Gasteiger partial charge on any atom is 0.309 e. The highest BCUT2D eigenvalue weighted by Gasteiger charge is 2.74. The molecule has 3 aromatic carbocycles. The number of phenols is 6. The number of allylic oxidation sites excluding steroid dienone is 10. The number of hydrogen-bond acceptors (Lipinski definition) is 18. The number of ketones is 1. The second-order valence-electron chi connectivity index (χ2n) is 54.8. The average molecular weight is 2060 g/mol. The van der Waals surface area contributed by atoms with E-state index in [4.69, 9.17) is 5.73 Å². The third-order valence-corrected chi connectivity index (χ3v) is 51.1. The quantitative estimate of drug-likeness (QED) is 0.0526. The van der Waals surface area contributed by atoms with Gasteiger partial charge in [-0.05, 0) is 409 Å². The van der Waals surface area contributed by atoms with Crippen LogP contribution >= 0.6 is 35.3 Å². The number of carbonyl (C=O) groups excluding carboxylic acids is 1. The number of fused-ring (bicyclic) bond motifs is 28. The molecule has 3 unspecified atom stereocenters. The Balaban J connectivity index is 0.000000133. The van der Waals surface area contributed by atoms with Crippen LogP contribution in [-0.4, -0.2) is 132 Å². The monoisotopic (exact) mass is 2060 g/mol. The van der Waals surface area contributed by atoms with Crippen molar-refractivity contribution >= 4 is 70.9 Å². The van der Waals surface area contributed by atoms with Crippen molar-refractivity contribution in [2.45, 2.75) is 384 Å². The van der Waals surface area contributed by atoms with E-state index in [0.29, 0.717) is 53.4 Å². The fraction of sp³-hybridized carbons (Fsp3) is 0.691. The largest absolute Gasteiger partial charge is 0.504 e. The normalized spacial score (nSPS) is 43.1. The Morgan fingerprint density at radius 1 is 0.349 bits per heavy atom. The van der Waals surface area contributed by atoms with Gasteiger partial charge in [0.25, 0.3) is 0 Å². The summed E-state index contributed by atoms with van der Waals surface area (Å²) in [4.78, 5) is 73.3. The number of aromatic hydroxyl groups is 6. The predicted octanol–water partition coefficient (Wildman–Crippen LogP) is 27.8. The Hall–Kier alpha value is -7.57. The summed E-state index contributed by atoms with van der Waals surface area (Å²) in [5.41, 5.74) is 19.1. The van der Waals surface area contributed by atoms with E-state index in [1.807, 2.05) is 73.2 Å². The molecule has 12 saturated carbocycles. The topological polar surface area (TPSA) is 391 Å². The first-order valence-corrected chi connectivity index (χ1v) is 58.0. The number of rotatable bonds is 14. The minimum absolute atomic E-state index is 0.0000746. The molecule has 20 rings (SSSR count). The molecule has 20 nitrogen and oxygen atoms in total. The molecule has 17 aliphatic carbocycles. The first kappa shape index (κ1) is 110. The van der Waals surface area contributed by atoms with Crippen molar-refractivity contribution in [1.29, 1.82) is 0 Å². The van der Waals surface area contributed by atoms with E-state index in [1.165, 1.54) is 22.3 Å². The number of aliphatic carboxylic acids is 5. The van der Waals surface area contributed by atoms with E-state index in [1.54, 1.807) is 41.7 Å². The number of phenolic OH excluding ortho intramolecular Hbond substituents is 6. The molecule has 12 fully saturated rings. The summed E-state index contributed by atoms with van der Waals surface area (Å²) in [6.45, 7) is 54.2. The van der Waals surface area contributed by atoms with Crippen molar-refractivity contribution in [3.8, 4) is 34.5 Å². The summed E-state index contributed by atoms with van der Waals surface area (Å²) in [5.74, 6) is -1.16. The molecule has 0 aromatic heterocycles. The van der Waals surface area contributed by atoms with Crippen LogP contribution < -0.4 is 5.73 Å². The molecule has 0 amide bonds. The summed E-state index contributed by atoms with van der Waals surface area (Å²) in [6, 6.07) is 5.36. The fourth-order valence-corrected chi connectivity index (χ4v) is 39.7. The van der Waals surface area contributed by atoms with Gasteiger partial charge in [0.2, 0.25) is 5.78 Å². The van der Waals surface area contributed by atoms with Crippen LogP contribution in [0.2, 0.25) is 0 Å². The molecule has 0 radical (unpaired) electrons. The third kappa shape index (κ3) is 15.7. The number of benzene rings is 3. The SMILES string of the molecule is CC1=C(O)C(=O)C=C2C1=CC=C1[C@@]2(C)CC[C@@]2(C)[C@@H]3C[C@](C)(C(=O)O)CC[C@]3(C)CC[C@]12C.Cc1c(O)c(O)cc2c1C(SCCC(=O)O)C=C1[C@@]2(C)CC[C@@]2(C)[C@@H]3C[C@](C)(C(=O)O)CC[C@]3(C)CC[C@]12C.Cc1c(O)c(O)cc2c1C(SCCN)C=C1[C@@]2(C)CC[C@@]2(C)[C@@H]3C[C@](C)(C(=O)O)CC[C@]3(C)CC[C@]12C.Cc1c(O)c(O)cc2c1C(SCCO)C=C1[C@@]2(C)CC[C@@]2(C)[C@@H]3C[C@](C)(C(=O)O)CC[C@]3(C)CC[C@]12C. The molecule has 0 heterocycles. The van der Waals surface area contributed by atoms with Gasteiger partial charge in [0.1, 0.15) is 0 Å². The molecular weight excluding hydrogens is 1890 g/mol. The molecule has 146 heavy (non-hydrogen) atoms. The number of carboxylic acid groups (broad SMARTS) is 5. The first-order chi connectivity index (χ1) is 67.6. The molecule has 17 aliphatic rings. The zero-order valence-corrected chi connectivity index (χ0v) is 94.3. The Bertz CT molecular complexity index is 6020. The van der Waals surface area contributed by atoms with E-state index in [-0.39, 0.29) is 167 Å². The fourth-order valence-electron chi connectivity index (χ4n) is 36.3. The highest BCUT2D eigenvalue weighted by molar-refractivity contribution is 8.00. The number of carboxylic acids is 5. The van der Waals surface area contributed by atoms with Gasteiger partial charge in [-0.2, -0.15) is 0 Å². The molecule has 800 valence electrons.